The van der Waals surface area contributed by atoms with Gasteiger partial charge in [-0.3, -0.25) is 14.6 Å². The maximum absolute atomic E-state index is 12.7. The van der Waals surface area contributed by atoms with Crippen molar-refractivity contribution in [3.05, 3.63) is 57.8 Å². The van der Waals surface area contributed by atoms with E-state index in [-0.39, 0.29) is 5.91 Å². The molecule has 0 spiro atoms. The maximum Gasteiger partial charge on any atom is 0.237 e. The van der Waals surface area contributed by atoms with Crippen LogP contribution in [0.3, 0.4) is 0 Å². The first-order valence-corrected chi connectivity index (χ1v) is 10.3. The van der Waals surface area contributed by atoms with Crippen molar-refractivity contribution in [3.8, 4) is 6.07 Å². The third-order valence-corrected chi connectivity index (χ3v) is 5.84. The van der Waals surface area contributed by atoms with Crippen LogP contribution in [0, 0.1) is 11.3 Å². The molecule has 5 nitrogen and oxygen atoms in total. The lowest BCUT2D eigenvalue weighted by molar-refractivity contribution is -0.133. The fourth-order valence-corrected chi connectivity index (χ4v) is 4.03. The Hall–Kier alpha value is -2.20. The minimum Gasteiger partial charge on any atom is -0.337 e. The summed E-state index contributed by atoms with van der Waals surface area (Å²) in [6.45, 7) is 8.66. The van der Waals surface area contributed by atoms with E-state index < -0.39 is 0 Å². The summed E-state index contributed by atoms with van der Waals surface area (Å²) >= 11 is 1.70. The number of nitrogens with zero attached hydrogens (tertiary/aromatic N) is 4. The average molecular weight is 383 g/mol. The SMILES string of the molecule is CCN(Cc1cccs1)C(=O)CN1CCN(Cc2ccc(C#N)cc2)CC1. The highest BCUT2D eigenvalue weighted by atomic mass is 32.1. The van der Waals surface area contributed by atoms with Crippen LogP contribution in [0.1, 0.15) is 22.9 Å². The van der Waals surface area contributed by atoms with E-state index in [2.05, 4.69) is 27.3 Å². The summed E-state index contributed by atoms with van der Waals surface area (Å²) in [4.78, 5) is 20.5. The first-order valence-electron chi connectivity index (χ1n) is 9.42. The number of piperazine rings is 1. The Morgan fingerprint density at radius 3 is 2.44 bits per heavy atom. The summed E-state index contributed by atoms with van der Waals surface area (Å²) in [5, 5.41) is 10.9. The topological polar surface area (TPSA) is 50.6 Å². The molecule has 2 heterocycles. The van der Waals surface area contributed by atoms with Crippen LogP contribution in [0.15, 0.2) is 41.8 Å². The lowest BCUT2D eigenvalue weighted by atomic mass is 10.1. The van der Waals surface area contributed by atoms with Gasteiger partial charge in [-0.1, -0.05) is 18.2 Å². The zero-order valence-corrected chi connectivity index (χ0v) is 16.6. The Morgan fingerprint density at radius 2 is 1.85 bits per heavy atom. The zero-order valence-electron chi connectivity index (χ0n) is 15.8. The van der Waals surface area contributed by atoms with Crippen molar-refractivity contribution >= 4 is 17.2 Å². The summed E-state index contributed by atoms with van der Waals surface area (Å²) < 4.78 is 0. The highest BCUT2D eigenvalue weighted by Crippen LogP contribution is 2.13. The monoisotopic (exact) mass is 382 g/mol. The molecule has 1 amide bonds. The number of rotatable bonds is 7. The molecule has 1 saturated heterocycles. The van der Waals surface area contributed by atoms with Crippen molar-refractivity contribution in [2.45, 2.75) is 20.0 Å². The molecule has 3 rings (SSSR count). The summed E-state index contributed by atoms with van der Waals surface area (Å²) in [7, 11) is 0. The predicted molar refractivity (Wildman–Crippen MR) is 108 cm³/mol. The van der Waals surface area contributed by atoms with Gasteiger partial charge < -0.3 is 4.90 Å². The van der Waals surface area contributed by atoms with Crippen molar-refractivity contribution in [3.63, 3.8) is 0 Å². The zero-order chi connectivity index (χ0) is 19.1. The lowest BCUT2D eigenvalue weighted by Crippen LogP contribution is -2.49. The van der Waals surface area contributed by atoms with E-state index in [1.807, 2.05) is 42.2 Å². The van der Waals surface area contributed by atoms with Crippen molar-refractivity contribution in [1.82, 2.24) is 14.7 Å². The molecule has 1 aliphatic heterocycles. The average Bonchev–Trinajstić information content (AvgIpc) is 3.21. The van der Waals surface area contributed by atoms with Crippen LogP contribution < -0.4 is 0 Å². The number of hydrogen-bond donors (Lipinski definition) is 0. The molecule has 1 aromatic heterocycles. The van der Waals surface area contributed by atoms with E-state index in [1.54, 1.807) is 11.3 Å². The van der Waals surface area contributed by atoms with Crippen molar-refractivity contribution in [2.75, 3.05) is 39.3 Å². The van der Waals surface area contributed by atoms with Gasteiger partial charge in [-0.2, -0.15) is 5.26 Å². The molecule has 0 N–H and O–H groups in total. The van der Waals surface area contributed by atoms with Crippen LogP contribution in [-0.2, 0) is 17.9 Å². The van der Waals surface area contributed by atoms with E-state index in [9.17, 15) is 4.79 Å². The molecule has 2 aromatic rings. The van der Waals surface area contributed by atoms with E-state index in [1.165, 1.54) is 10.4 Å². The third-order valence-electron chi connectivity index (χ3n) is 4.97. The number of carbonyl (C=O) groups is 1. The second-order valence-electron chi connectivity index (χ2n) is 6.85. The van der Waals surface area contributed by atoms with Gasteiger partial charge in [0.1, 0.15) is 0 Å². The van der Waals surface area contributed by atoms with Gasteiger partial charge in [0.15, 0.2) is 0 Å². The largest absolute Gasteiger partial charge is 0.337 e. The van der Waals surface area contributed by atoms with Gasteiger partial charge in [-0.05, 0) is 36.1 Å². The van der Waals surface area contributed by atoms with Gasteiger partial charge in [-0.25, -0.2) is 0 Å². The van der Waals surface area contributed by atoms with Gasteiger partial charge in [0.2, 0.25) is 5.91 Å². The molecule has 0 radical (unpaired) electrons. The Kier molecular flexibility index (Phi) is 6.99. The first kappa shape index (κ1) is 19.6. The number of nitriles is 1. The Bertz CT molecular complexity index is 758. The maximum atomic E-state index is 12.7. The normalized spacial score (nSPS) is 15.4. The Morgan fingerprint density at radius 1 is 1.15 bits per heavy atom. The number of likely N-dealkylation sites (N-methyl/N-ethyl adjacent to an activating group) is 1. The molecular formula is C21H26N4OS. The van der Waals surface area contributed by atoms with Crippen molar-refractivity contribution in [2.24, 2.45) is 0 Å². The van der Waals surface area contributed by atoms with Crippen LogP contribution in [0.5, 0.6) is 0 Å². The van der Waals surface area contributed by atoms with Crippen molar-refractivity contribution in [1.29, 1.82) is 5.26 Å². The van der Waals surface area contributed by atoms with Gasteiger partial charge in [0.25, 0.3) is 0 Å². The number of amides is 1. The molecule has 27 heavy (non-hydrogen) atoms. The minimum atomic E-state index is 0.214. The van der Waals surface area contributed by atoms with E-state index >= 15 is 0 Å². The van der Waals surface area contributed by atoms with E-state index in [0.717, 1.165) is 39.3 Å². The van der Waals surface area contributed by atoms with Gasteiger partial charge in [0, 0.05) is 44.1 Å². The van der Waals surface area contributed by atoms with Crippen LogP contribution >= 0.6 is 11.3 Å². The van der Waals surface area contributed by atoms with E-state index in [4.69, 9.17) is 5.26 Å². The van der Waals surface area contributed by atoms with Crippen LogP contribution in [0.2, 0.25) is 0 Å². The molecule has 0 saturated carbocycles. The molecule has 142 valence electrons. The fraction of sp³-hybridized carbons (Fsp3) is 0.429. The summed E-state index contributed by atoms with van der Waals surface area (Å²) in [5.74, 6) is 0.214. The highest BCUT2D eigenvalue weighted by molar-refractivity contribution is 7.09. The molecule has 6 heteroatoms. The van der Waals surface area contributed by atoms with Crippen LogP contribution in [0.4, 0.5) is 0 Å². The molecule has 0 aliphatic carbocycles. The molecule has 1 aliphatic rings. The molecule has 0 atom stereocenters. The molecule has 0 unspecified atom stereocenters. The Labute approximate surface area is 165 Å². The quantitative estimate of drug-likeness (QED) is 0.739. The fourth-order valence-electron chi connectivity index (χ4n) is 3.31. The highest BCUT2D eigenvalue weighted by Gasteiger charge is 2.21. The number of carbonyl (C=O) groups excluding carboxylic acids is 1. The summed E-state index contributed by atoms with van der Waals surface area (Å²) in [6, 6.07) is 14.1. The van der Waals surface area contributed by atoms with Crippen molar-refractivity contribution < 1.29 is 4.79 Å². The minimum absolute atomic E-state index is 0.214. The number of thiophene rings is 1. The van der Waals surface area contributed by atoms with Gasteiger partial charge in [0.05, 0.1) is 24.7 Å². The number of hydrogen-bond acceptors (Lipinski definition) is 5. The standard InChI is InChI=1S/C21H26N4OS/c1-2-25(16-20-4-3-13-27-20)21(26)17-24-11-9-23(10-12-24)15-19-7-5-18(14-22)6-8-19/h3-8,13H,2,9-12,15-17H2,1H3. The van der Waals surface area contributed by atoms with Gasteiger partial charge >= 0.3 is 0 Å². The lowest BCUT2D eigenvalue weighted by Gasteiger charge is -2.35. The smallest absolute Gasteiger partial charge is 0.237 e. The summed E-state index contributed by atoms with van der Waals surface area (Å²) in [6.07, 6.45) is 0. The second-order valence-corrected chi connectivity index (χ2v) is 7.88. The van der Waals surface area contributed by atoms with E-state index in [0.29, 0.717) is 18.7 Å². The predicted octanol–water partition coefficient (Wildman–Crippen LogP) is 2.79. The molecular weight excluding hydrogens is 356 g/mol. The first-order chi connectivity index (χ1) is 13.2. The van der Waals surface area contributed by atoms with Gasteiger partial charge in [-0.15, -0.1) is 11.3 Å². The van der Waals surface area contributed by atoms with Crippen LogP contribution in [0.25, 0.3) is 0 Å². The molecule has 0 bridgehead atoms. The molecule has 1 fully saturated rings. The molecule has 1 aromatic carbocycles. The number of benzene rings is 1. The third kappa shape index (κ3) is 5.64. The summed E-state index contributed by atoms with van der Waals surface area (Å²) in [5.41, 5.74) is 1.93. The van der Waals surface area contributed by atoms with Crippen LogP contribution in [-0.4, -0.2) is 59.9 Å². The Balaban J connectivity index is 1.44. The second kappa shape index (κ2) is 9.65.